The lowest BCUT2D eigenvalue weighted by molar-refractivity contribution is 0.0600. The largest absolute Gasteiger partial charge is 0.465 e. The summed E-state index contributed by atoms with van der Waals surface area (Å²) in [7, 11) is -2.27. The van der Waals surface area contributed by atoms with Crippen molar-refractivity contribution in [3.05, 3.63) is 29.8 Å². The Morgan fingerprint density at radius 2 is 1.86 bits per heavy atom. The van der Waals surface area contributed by atoms with E-state index in [4.69, 9.17) is 5.11 Å². The zero-order chi connectivity index (χ0) is 15.5. The number of aliphatic hydroxyl groups excluding tert-OH is 1. The molecule has 1 N–H and O–H groups in total. The molecular formula is C14H19NO5S. The molecule has 0 spiro atoms. The Morgan fingerprint density at radius 3 is 2.33 bits per heavy atom. The van der Waals surface area contributed by atoms with Crippen LogP contribution in [0.1, 0.15) is 23.2 Å². The van der Waals surface area contributed by atoms with Crippen molar-refractivity contribution in [2.45, 2.75) is 17.7 Å². The van der Waals surface area contributed by atoms with Gasteiger partial charge in [-0.15, -0.1) is 0 Å². The van der Waals surface area contributed by atoms with Crippen molar-refractivity contribution in [1.29, 1.82) is 0 Å². The second kappa shape index (κ2) is 6.55. The van der Waals surface area contributed by atoms with E-state index in [0.717, 1.165) is 0 Å². The molecule has 1 fully saturated rings. The van der Waals surface area contributed by atoms with Gasteiger partial charge in [-0.3, -0.25) is 0 Å². The Bertz CT molecular complexity index is 588. The lowest BCUT2D eigenvalue weighted by Gasteiger charge is -2.30. The minimum absolute atomic E-state index is 0.0989. The maximum atomic E-state index is 12.5. The van der Waals surface area contributed by atoms with Gasteiger partial charge >= 0.3 is 5.97 Å². The molecule has 0 aromatic heterocycles. The van der Waals surface area contributed by atoms with Crippen molar-refractivity contribution >= 4 is 16.0 Å². The first-order valence-corrected chi connectivity index (χ1v) is 8.22. The van der Waals surface area contributed by atoms with Crippen LogP contribution in [0.25, 0.3) is 0 Å². The third-order valence-electron chi connectivity index (χ3n) is 3.74. The van der Waals surface area contributed by atoms with Gasteiger partial charge in [0.25, 0.3) is 0 Å². The molecule has 0 unspecified atom stereocenters. The minimum atomic E-state index is -3.54. The smallest absolute Gasteiger partial charge is 0.337 e. The average Bonchev–Trinajstić information content (AvgIpc) is 2.54. The maximum Gasteiger partial charge on any atom is 0.337 e. The van der Waals surface area contributed by atoms with Crippen molar-refractivity contribution in [2.75, 3.05) is 26.8 Å². The molecule has 0 bridgehead atoms. The number of sulfonamides is 1. The van der Waals surface area contributed by atoms with E-state index in [9.17, 15) is 13.2 Å². The van der Waals surface area contributed by atoms with Crippen LogP contribution >= 0.6 is 0 Å². The number of benzene rings is 1. The van der Waals surface area contributed by atoms with Crippen LogP contribution in [-0.2, 0) is 14.8 Å². The molecule has 1 saturated heterocycles. The van der Waals surface area contributed by atoms with E-state index in [0.29, 0.717) is 31.5 Å². The SMILES string of the molecule is COC(=O)c1ccc(S(=O)(=O)N2CCC(CO)CC2)cc1. The topological polar surface area (TPSA) is 83.9 Å². The van der Waals surface area contributed by atoms with Crippen molar-refractivity contribution in [2.24, 2.45) is 5.92 Å². The standard InChI is InChI=1S/C14H19NO5S/c1-20-14(17)12-2-4-13(5-3-12)21(18,19)15-8-6-11(10-16)7-9-15/h2-5,11,16H,6-10H2,1H3. The lowest BCUT2D eigenvalue weighted by Crippen LogP contribution is -2.39. The van der Waals surface area contributed by atoms with Crippen LogP contribution in [0.15, 0.2) is 29.2 Å². The van der Waals surface area contributed by atoms with E-state index in [2.05, 4.69) is 4.74 Å². The first-order valence-electron chi connectivity index (χ1n) is 6.78. The number of methoxy groups -OCH3 is 1. The summed E-state index contributed by atoms with van der Waals surface area (Å²) in [6, 6.07) is 5.72. The normalized spacial score (nSPS) is 17.6. The van der Waals surface area contributed by atoms with E-state index < -0.39 is 16.0 Å². The van der Waals surface area contributed by atoms with Gasteiger partial charge in [-0.25, -0.2) is 13.2 Å². The fourth-order valence-electron chi connectivity index (χ4n) is 2.36. The van der Waals surface area contributed by atoms with Gasteiger partial charge in [0.2, 0.25) is 10.0 Å². The Balaban J connectivity index is 2.14. The van der Waals surface area contributed by atoms with E-state index in [1.165, 1.54) is 35.7 Å². The van der Waals surface area contributed by atoms with Crippen molar-refractivity contribution in [1.82, 2.24) is 4.31 Å². The Labute approximate surface area is 124 Å². The van der Waals surface area contributed by atoms with E-state index in [1.807, 2.05) is 0 Å². The summed E-state index contributed by atoms with van der Waals surface area (Å²) in [5, 5.41) is 9.09. The molecule has 0 amide bonds. The molecule has 1 aliphatic heterocycles. The highest BCUT2D eigenvalue weighted by Gasteiger charge is 2.29. The molecule has 1 aromatic carbocycles. The number of rotatable bonds is 4. The summed E-state index contributed by atoms with van der Waals surface area (Å²) in [5.41, 5.74) is 0.315. The monoisotopic (exact) mass is 313 g/mol. The molecule has 0 atom stereocenters. The molecular weight excluding hydrogens is 294 g/mol. The number of piperidine rings is 1. The molecule has 1 heterocycles. The maximum absolute atomic E-state index is 12.5. The predicted molar refractivity (Wildman–Crippen MR) is 76.4 cm³/mol. The molecule has 116 valence electrons. The summed E-state index contributed by atoms with van der Waals surface area (Å²) in [5.74, 6) is -0.319. The van der Waals surface area contributed by atoms with Crippen molar-refractivity contribution in [3.8, 4) is 0 Å². The fourth-order valence-corrected chi connectivity index (χ4v) is 3.83. The number of hydrogen-bond acceptors (Lipinski definition) is 5. The van der Waals surface area contributed by atoms with Crippen molar-refractivity contribution < 1.29 is 23.1 Å². The van der Waals surface area contributed by atoms with Gasteiger partial charge in [-0.05, 0) is 43.0 Å². The highest BCUT2D eigenvalue weighted by atomic mass is 32.2. The number of esters is 1. The Morgan fingerprint density at radius 1 is 1.29 bits per heavy atom. The Hall–Kier alpha value is -1.44. The van der Waals surface area contributed by atoms with Crippen LogP contribution in [0.3, 0.4) is 0 Å². The number of nitrogens with zero attached hydrogens (tertiary/aromatic N) is 1. The summed E-state index contributed by atoms with van der Waals surface area (Å²) in [4.78, 5) is 11.5. The van der Waals surface area contributed by atoms with Gasteiger partial charge in [0.15, 0.2) is 0 Å². The molecule has 0 saturated carbocycles. The molecule has 1 aliphatic rings. The number of aliphatic hydroxyl groups is 1. The van der Waals surface area contributed by atoms with Gasteiger partial charge in [-0.2, -0.15) is 4.31 Å². The van der Waals surface area contributed by atoms with Crippen LogP contribution in [0, 0.1) is 5.92 Å². The summed E-state index contributed by atoms with van der Waals surface area (Å²) in [6.45, 7) is 0.917. The Kier molecular flexibility index (Phi) is 4.97. The van der Waals surface area contributed by atoms with Crippen LogP contribution in [0.4, 0.5) is 0 Å². The molecule has 2 rings (SSSR count). The van der Waals surface area contributed by atoms with E-state index >= 15 is 0 Å². The van der Waals surface area contributed by atoms with Gasteiger partial charge in [0.1, 0.15) is 0 Å². The second-order valence-corrected chi connectivity index (χ2v) is 6.98. The zero-order valence-corrected chi connectivity index (χ0v) is 12.7. The zero-order valence-electron chi connectivity index (χ0n) is 11.9. The number of ether oxygens (including phenoxy) is 1. The fraction of sp³-hybridized carbons (Fsp3) is 0.500. The predicted octanol–water partition coefficient (Wildman–Crippen LogP) is 0.866. The van der Waals surface area contributed by atoms with E-state index in [1.54, 1.807) is 0 Å². The molecule has 7 heteroatoms. The first kappa shape index (κ1) is 15.9. The average molecular weight is 313 g/mol. The van der Waals surface area contributed by atoms with Crippen LogP contribution < -0.4 is 0 Å². The third-order valence-corrected chi connectivity index (χ3v) is 5.66. The number of carbonyl (C=O) groups excluding carboxylic acids is 1. The lowest BCUT2D eigenvalue weighted by atomic mass is 10.00. The van der Waals surface area contributed by atoms with E-state index in [-0.39, 0.29) is 17.4 Å². The quantitative estimate of drug-likeness (QED) is 0.834. The minimum Gasteiger partial charge on any atom is -0.465 e. The summed E-state index contributed by atoms with van der Waals surface area (Å²) >= 11 is 0. The van der Waals surface area contributed by atoms with Crippen molar-refractivity contribution in [3.63, 3.8) is 0 Å². The van der Waals surface area contributed by atoms with Crippen LogP contribution in [0.2, 0.25) is 0 Å². The third kappa shape index (κ3) is 3.42. The van der Waals surface area contributed by atoms with Crippen LogP contribution in [-0.4, -0.2) is 50.6 Å². The first-order chi connectivity index (χ1) is 9.98. The highest BCUT2D eigenvalue weighted by molar-refractivity contribution is 7.89. The van der Waals surface area contributed by atoms with Crippen LogP contribution in [0.5, 0.6) is 0 Å². The van der Waals surface area contributed by atoms with Gasteiger partial charge in [0.05, 0.1) is 17.6 Å². The highest BCUT2D eigenvalue weighted by Crippen LogP contribution is 2.23. The molecule has 0 radical (unpaired) electrons. The molecule has 0 aliphatic carbocycles. The second-order valence-electron chi connectivity index (χ2n) is 5.05. The molecule has 6 nitrogen and oxygen atoms in total. The summed E-state index contributed by atoms with van der Waals surface area (Å²) in [6.07, 6.45) is 1.33. The van der Waals surface area contributed by atoms with Gasteiger partial charge in [0, 0.05) is 19.7 Å². The van der Waals surface area contributed by atoms with Gasteiger partial charge < -0.3 is 9.84 Å². The summed E-state index contributed by atoms with van der Waals surface area (Å²) < 4.78 is 31.0. The number of carbonyl (C=O) groups is 1. The molecule has 1 aromatic rings. The molecule has 21 heavy (non-hydrogen) atoms. The van der Waals surface area contributed by atoms with Gasteiger partial charge in [-0.1, -0.05) is 0 Å². The number of hydrogen-bond donors (Lipinski definition) is 1.